The Balaban J connectivity index is 1.28. The van der Waals surface area contributed by atoms with Crippen molar-refractivity contribution >= 4 is 22.9 Å². The number of aryl methyl sites for hydroxylation is 1. The average molecular weight is 448 g/mol. The van der Waals surface area contributed by atoms with Crippen LogP contribution in [0.5, 0.6) is 0 Å². The van der Waals surface area contributed by atoms with Gasteiger partial charge < -0.3 is 9.88 Å². The molecule has 2 aromatic heterocycles. The summed E-state index contributed by atoms with van der Waals surface area (Å²) < 4.78 is 15.7. The van der Waals surface area contributed by atoms with Gasteiger partial charge in [0.2, 0.25) is 5.91 Å². The fourth-order valence-electron chi connectivity index (χ4n) is 3.95. The molecule has 1 aliphatic rings. The van der Waals surface area contributed by atoms with Gasteiger partial charge >= 0.3 is 0 Å². The van der Waals surface area contributed by atoms with Crippen LogP contribution in [0.3, 0.4) is 0 Å². The maximum Gasteiger partial charge on any atom is 0.230 e. The summed E-state index contributed by atoms with van der Waals surface area (Å²) in [5, 5.41) is 14.3. The van der Waals surface area contributed by atoms with Gasteiger partial charge in [0, 0.05) is 35.2 Å². The number of nitrogens with zero attached hydrogens (tertiary/aromatic N) is 4. The van der Waals surface area contributed by atoms with Crippen LogP contribution in [-0.2, 0) is 24.2 Å². The molecule has 2 aromatic carbocycles. The molecule has 0 unspecified atom stereocenters. The van der Waals surface area contributed by atoms with Gasteiger partial charge in [-0.1, -0.05) is 30.7 Å². The van der Waals surface area contributed by atoms with Crippen molar-refractivity contribution in [1.29, 1.82) is 0 Å². The summed E-state index contributed by atoms with van der Waals surface area (Å²) in [6.45, 7) is 0.922. The van der Waals surface area contributed by atoms with Crippen LogP contribution in [0.15, 0.2) is 53.9 Å². The fourth-order valence-corrected chi connectivity index (χ4v) is 4.76. The van der Waals surface area contributed by atoms with E-state index in [-0.39, 0.29) is 18.1 Å². The van der Waals surface area contributed by atoms with Crippen LogP contribution >= 0.6 is 11.3 Å². The van der Waals surface area contributed by atoms with Crippen LogP contribution in [0, 0.1) is 5.82 Å². The first-order valence-electron chi connectivity index (χ1n) is 10.7. The van der Waals surface area contributed by atoms with Crippen molar-refractivity contribution in [3.05, 3.63) is 71.2 Å². The molecule has 4 aromatic rings. The maximum absolute atomic E-state index is 13.5. The first-order valence-corrected chi connectivity index (χ1v) is 11.6. The van der Waals surface area contributed by atoms with Gasteiger partial charge in [-0.05, 0) is 37.1 Å². The summed E-state index contributed by atoms with van der Waals surface area (Å²) in [5.74, 6) is 1.42. The molecule has 0 aliphatic carbocycles. The smallest absolute Gasteiger partial charge is 0.230 e. The molecule has 3 heterocycles. The first-order chi connectivity index (χ1) is 15.7. The zero-order valence-corrected chi connectivity index (χ0v) is 18.2. The zero-order chi connectivity index (χ0) is 21.9. The molecule has 0 saturated heterocycles. The molecule has 1 aliphatic heterocycles. The Hall–Kier alpha value is -3.39. The number of anilines is 1. The van der Waals surface area contributed by atoms with E-state index in [2.05, 4.69) is 25.1 Å². The Labute approximate surface area is 189 Å². The molecular formula is C24H22FN5OS. The summed E-state index contributed by atoms with van der Waals surface area (Å²) in [6, 6.07) is 14.0. The van der Waals surface area contributed by atoms with E-state index in [9.17, 15) is 9.18 Å². The number of aromatic nitrogens is 4. The Bertz CT molecular complexity index is 1260. The highest BCUT2D eigenvalue weighted by Crippen LogP contribution is 2.26. The second-order valence-corrected chi connectivity index (χ2v) is 8.72. The summed E-state index contributed by atoms with van der Waals surface area (Å²) in [7, 11) is 0. The molecule has 0 atom stereocenters. The van der Waals surface area contributed by atoms with Crippen LogP contribution in [0.1, 0.15) is 30.8 Å². The third kappa shape index (κ3) is 4.45. The van der Waals surface area contributed by atoms with Gasteiger partial charge in [0.1, 0.15) is 16.6 Å². The third-order valence-electron chi connectivity index (χ3n) is 5.48. The second-order valence-electron chi connectivity index (χ2n) is 7.86. The van der Waals surface area contributed by atoms with E-state index >= 15 is 0 Å². The predicted molar refractivity (Wildman–Crippen MR) is 123 cm³/mol. The molecule has 1 N–H and O–H groups in total. The van der Waals surface area contributed by atoms with E-state index in [1.807, 2.05) is 35.7 Å². The van der Waals surface area contributed by atoms with Gasteiger partial charge in [0.05, 0.1) is 12.1 Å². The van der Waals surface area contributed by atoms with Crippen molar-refractivity contribution in [3.8, 4) is 22.0 Å². The lowest BCUT2D eigenvalue weighted by Gasteiger charge is -2.09. The molecule has 0 fully saturated rings. The van der Waals surface area contributed by atoms with E-state index in [0.29, 0.717) is 22.0 Å². The molecule has 5 rings (SSSR count). The number of halogens is 1. The van der Waals surface area contributed by atoms with Crippen LogP contribution in [0.2, 0.25) is 0 Å². The lowest BCUT2D eigenvalue weighted by molar-refractivity contribution is -0.115. The normalized spacial score (nSPS) is 13.4. The molecule has 162 valence electrons. The topological polar surface area (TPSA) is 72.7 Å². The molecule has 0 spiro atoms. The lowest BCUT2D eigenvalue weighted by atomic mass is 10.1. The van der Waals surface area contributed by atoms with Crippen molar-refractivity contribution in [2.24, 2.45) is 0 Å². The fraction of sp³-hybridized carbons (Fsp3) is 0.250. The third-order valence-corrected chi connectivity index (χ3v) is 6.42. The number of rotatable bonds is 5. The monoisotopic (exact) mass is 447 g/mol. The van der Waals surface area contributed by atoms with Crippen molar-refractivity contribution in [3.63, 3.8) is 0 Å². The predicted octanol–water partition coefficient (Wildman–Crippen LogP) is 5.12. The van der Waals surface area contributed by atoms with Crippen LogP contribution in [0.4, 0.5) is 10.1 Å². The molecule has 0 bridgehead atoms. The van der Waals surface area contributed by atoms with Crippen LogP contribution in [-0.4, -0.2) is 25.7 Å². The minimum atomic E-state index is -0.304. The van der Waals surface area contributed by atoms with E-state index in [1.165, 1.54) is 29.9 Å². The van der Waals surface area contributed by atoms with Gasteiger partial charge in [0.15, 0.2) is 5.82 Å². The van der Waals surface area contributed by atoms with E-state index in [4.69, 9.17) is 0 Å². The highest BCUT2D eigenvalue weighted by atomic mass is 32.1. The molecule has 8 heteroatoms. The largest absolute Gasteiger partial charge is 0.326 e. The lowest BCUT2D eigenvalue weighted by Crippen LogP contribution is -2.14. The molecule has 0 saturated carbocycles. The number of benzene rings is 2. The van der Waals surface area contributed by atoms with Gasteiger partial charge in [-0.25, -0.2) is 9.37 Å². The number of hydrogen-bond donors (Lipinski definition) is 1. The van der Waals surface area contributed by atoms with Gasteiger partial charge in [-0.3, -0.25) is 4.79 Å². The molecule has 0 radical (unpaired) electrons. The van der Waals surface area contributed by atoms with Crippen molar-refractivity contribution in [2.45, 2.75) is 38.6 Å². The number of thiazole rings is 1. The Morgan fingerprint density at radius 3 is 2.84 bits per heavy atom. The van der Waals surface area contributed by atoms with Gasteiger partial charge in [-0.15, -0.1) is 21.5 Å². The van der Waals surface area contributed by atoms with Crippen molar-refractivity contribution in [1.82, 2.24) is 19.7 Å². The number of hydrogen-bond acceptors (Lipinski definition) is 5. The minimum Gasteiger partial charge on any atom is -0.326 e. The van der Waals surface area contributed by atoms with E-state index in [0.717, 1.165) is 43.0 Å². The van der Waals surface area contributed by atoms with E-state index in [1.54, 1.807) is 6.07 Å². The Kier molecular flexibility index (Phi) is 5.77. The van der Waals surface area contributed by atoms with Gasteiger partial charge in [0.25, 0.3) is 0 Å². The van der Waals surface area contributed by atoms with Crippen LogP contribution in [0.25, 0.3) is 22.0 Å². The maximum atomic E-state index is 13.5. The number of fused-ring (bicyclic) bond motifs is 1. The number of carbonyl (C=O) groups excluding carboxylic acids is 1. The standard InChI is InChI=1S/C24H22FN5OS/c25-18-8-4-7-17(12-18)24-27-20(15-32-24)14-22(31)26-19-9-5-6-16(13-19)23-29-28-21-10-2-1-3-11-30(21)23/h4-9,12-13,15H,1-3,10-11,14H2,(H,26,31). The Morgan fingerprint density at radius 1 is 1.06 bits per heavy atom. The number of carbonyl (C=O) groups is 1. The highest BCUT2D eigenvalue weighted by molar-refractivity contribution is 7.13. The van der Waals surface area contributed by atoms with Gasteiger partial charge in [-0.2, -0.15) is 0 Å². The number of nitrogens with one attached hydrogen (secondary N) is 1. The quantitative estimate of drug-likeness (QED) is 0.461. The number of amides is 1. The molecule has 32 heavy (non-hydrogen) atoms. The summed E-state index contributed by atoms with van der Waals surface area (Å²) in [5.41, 5.74) is 3.01. The molecule has 6 nitrogen and oxygen atoms in total. The van der Waals surface area contributed by atoms with E-state index < -0.39 is 0 Å². The Morgan fingerprint density at radius 2 is 1.94 bits per heavy atom. The summed E-state index contributed by atoms with van der Waals surface area (Å²) in [4.78, 5) is 17.1. The first kappa shape index (κ1) is 20.5. The van der Waals surface area contributed by atoms with Crippen LogP contribution < -0.4 is 5.32 Å². The zero-order valence-electron chi connectivity index (χ0n) is 17.4. The second kappa shape index (κ2) is 9.00. The average Bonchev–Trinajstić information content (AvgIpc) is 3.35. The van der Waals surface area contributed by atoms with Crippen molar-refractivity contribution < 1.29 is 9.18 Å². The summed E-state index contributed by atoms with van der Waals surface area (Å²) in [6.07, 6.45) is 4.58. The highest BCUT2D eigenvalue weighted by Gasteiger charge is 2.17. The minimum absolute atomic E-state index is 0.149. The molecular weight excluding hydrogens is 425 g/mol. The van der Waals surface area contributed by atoms with Crippen molar-refractivity contribution in [2.75, 3.05) is 5.32 Å². The SMILES string of the molecule is O=C(Cc1csc(-c2cccc(F)c2)n1)Nc1cccc(-c2nnc3n2CCCCC3)c1. The summed E-state index contributed by atoms with van der Waals surface area (Å²) >= 11 is 1.40. The molecule has 1 amide bonds.